The van der Waals surface area contributed by atoms with E-state index in [1.54, 1.807) is 12.3 Å². The van der Waals surface area contributed by atoms with E-state index in [1.165, 1.54) is 17.5 Å². The highest BCUT2D eigenvalue weighted by Crippen LogP contribution is 2.17. The van der Waals surface area contributed by atoms with Crippen molar-refractivity contribution in [1.29, 1.82) is 0 Å². The standard InChI is InChI=1S/C12H18N4O3S/c1-10(17)14-11-3-4-12(13-9-11)15-5-7-16(8-6-15)20(2,18)19/h3-4,9H,5-8H2,1-2H3,(H,14,17). The average Bonchev–Trinajstić information content (AvgIpc) is 2.38. The van der Waals surface area contributed by atoms with Crippen LogP contribution in [-0.4, -0.2) is 56.0 Å². The molecule has 1 aliphatic rings. The van der Waals surface area contributed by atoms with Crippen molar-refractivity contribution < 1.29 is 13.2 Å². The van der Waals surface area contributed by atoms with E-state index in [-0.39, 0.29) is 5.91 Å². The fraction of sp³-hybridized carbons (Fsp3) is 0.500. The van der Waals surface area contributed by atoms with E-state index < -0.39 is 10.0 Å². The zero-order valence-corrected chi connectivity index (χ0v) is 12.4. The zero-order valence-electron chi connectivity index (χ0n) is 11.5. The summed E-state index contributed by atoms with van der Waals surface area (Å²) in [6.07, 6.45) is 2.82. The van der Waals surface area contributed by atoms with Gasteiger partial charge in [0.05, 0.1) is 18.1 Å². The number of amides is 1. The molecule has 0 spiro atoms. The van der Waals surface area contributed by atoms with Crippen LogP contribution in [0.5, 0.6) is 0 Å². The fourth-order valence-corrected chi connectivity index (χ4v) is 2.93. The summed E-state index contributed by atoms with van der Waals surface area (Å²) in [6, 6.07) is 3.61. The average molecular weight is 298 g/mol. The fourth-order valence-electron chi connectivity index (χ4n) is 2.10. The van der Waals surface area contributed by atoms with E-state index in [2.05, 4.69) is 10.3 Å². The molecule has 0 bridgehead atoms. The molecule has 1 saturated heterocycles. The maximum atomic E-state index is 11.4. The van der Waals surface area contributed by atoms with Gasteiger partial charge in [-0.2, -0.15) is 4.31 Å². The minimum Gasteiger partial charge on any atom is -0.354 e. The number of carbonyl (C=O) groups excluding carboxylic acids is 1. The first-order chi connectivity index (χ1) is 9.36. The highest BCUT2D eigenvalue weighted by molar-refractivity contribution is 7.88. The number of rotatable bonds is 3. The number of nitrogens with zero attached hydrogens (tertiary/aromatic N) is 3. The van der Waals surface area contributed by atoms with Crippen molar-refractivity contribution in [2.24, 2.45) is 0 Å². The van der Waals surface area contributed by atoms with Crippen molar-refractivity contribution >= 4 is 27.4 Å². The van der Waals surface area contributed by atoms with E-state index in [9.17, 15) is 13.2 Å². The van der Waals surface area contributed by atoms with Gasteiger partial charge in [0.1, 0.15) is 5.82 Å². The van der Waals surface area contributed by atoms with Gasteiger partial charge in [-0.25, -0.2) is 13.4 Å². The predicted molar refractivity (Wildman–Crippen MR) is 77.2 cm³/mol. The van der Waals surface area contributed by atoms with Crippen molar-refractivity contribution in [3.8, 4) is 0 Å². The third kappa shape index (κ3) is 3.67. The smallest absolute Gasteiger partial charge is 0.221 e. The van der Waals surface area contributed by atoms with Crippen molar-refractivity contribution in [1.82, 2.24) is 9.29 Å². The third-order valence-corrected chi connectivity index (χ3v) is 4.40. The molecule has 2 rings (SSSR count). The summed E-state index contributed by atoms with van der Waals surface area (Å²) in [5.41, 5.74) is 0.649. The lowest BCUT2D eigenvalue weighted by atomic mass is 10.3. The maximum Gasteiger partial charge on any atom is 0.221 e. The number of anilines is 2. The Morgan fingerprint density at radius 2 is 1.90 bits per heavy atom. The van der Waals surface area contributed by atoms with Gasteiger partial charge >= 0.3 is 0 Å². The molecular weight excluding hydrogens is 280 g/mol. The summed E-state index contributed by atoms with van der Waals surface area (Å²) in [5.74, 6) is 0.647. The zero-order chi connectivity index (χ0) is 14.8. The highest BCUT2D eigenvalue weighted by atomic mass is 32.2. The van der Waals surface area contributed by atoms with Gasteiger partial charge in [0.15, 0.2) is 0 Å². The third-order valence-electron chi connectivity index (χ3n) is 3.10. The second-order valence-corrected chi connectivity index (χ2v) is 6.72. The molecule has 1 aliphatic heterocycles. The van der Waals surface area contributed by atoms with Crippen LogP contribution >= 0.6 is 0 Å². The Bertz CT molecular complexity index is 577. The SMILES string of the molecule is CC(=O)Nc1ccc(N2CCN(S(C)(=O)=O)CC2)nc1. The summed E-state index contributed by atoms with van der Waals surface area (Å²) in [4.78, 5) is 17.2. The van der Waals surface area contributed by atoms with Gasteiger partial charge in [0.2, 0.25) is 15.9 Å². The topological polar surface area (TPSA) is 82.6 Å². The predicted octanol–water partition coefficient (Wildman–Crippen LogP) is 0.122. The molecule has 2 heterocycles. The van der Waals surface area contributed by atoms with Crippen LogP contribution in [-0.2, 0) is 14.8 Å². The molecule has 1 aromatic heterocycles. The second kappa shape index (κ2) is 5.76. The van der Waals surface area contributed by atoms with Crippen molar-refractivity contribution in [3.63, 3.8) is 0 Å². The van der Waals surface area contributed by atoms with Gasteiger partial charge in [0.25, 0.3) is 0 Å². The number of sulfonamides is 1. The molecule has 1 N–H and O–H groups in total. The van der Waals surface area contributed by atoms with Crippen molar-refractivity contribution in [2.75, 3.05) is 42.7 Å². The highest BCUT2D eigenvalue weighted by Gasteiger charge is 2.23. The van der Waals surface area contributed by atoms with Gasteiger partial charge in [-0.3, -0.25) is 4.79 Å². The monoisotopic (exact) mass is 298 g/mol. The Hall–Kier alpha value is -1.67. The first-order valence-electron chi connectivity index (χ1n) is 6.30. The lowest BCUT2D eigenvalue weighted by molar-refractivity contribution is -0.114. The molecule has 1 fully saturated rings. The molecule has 110 valence electrons. The molecule has 8 heteroatoms. The number of piperazine rings is 1. The Labute approximate surface area is 118 Å². The summed E-state index contributed by atoms with van der Waals surface area (Å²) in [7, 11) is -3.11. The number of hydrogen-bond donors (Lipinski definition) is 1. The number of nitrogens with one attached hydrogen (secondary N) is 1. The maximum absolute atomic E-state index is 11.4. The first kappa shape index (κ1) is 14.7. The van der Waals surface area contributed by atoms with Gasteiger partial charge in [-0.1, -0.05) is 0 Å². The van der Waals surface area contributed by atoms with Gasteiger partial charge in [-0.05, 0) is 12.1 Å². The molecule has 0 saturated carbocycles. The van der Waals surface area contributed by atoms with E-state index in [0.29, 0.717) is 31.9 Å². The van der Waals surface area contributed by atoms with Gasteiger partial charge in [0, 0.05) is 33.1 Å². The summed E-state index contributed by atoms with van der Waals surface area (Å²) >= 11 is 0. The normalized spacial score (nSPS) is 17.0. The van der Waals surface area contributed by atoms with Crippen LogP contribution in [0.25, 0.3) is 0 Å². The molecule has 0 radical (unpaired) electrons. The molecule has 0 aliphatic carbocycles. The summed E-state index contributed by atoms with van der Waals surface area (Å²) in [5, 5.41) is 2.65. The second-order valence-electron chi connectivity index (χ2n) is 4.74. The van der Waals surface area contributed by atoms with E-state index >= 15 is 0 Å². The first-order valence-corrected chi connectivity index (χ1v) is 8.15. The largest absolute Gasteiger partial charge is 0.354 e. The van der Waals surface area contributed by atoms with Gasteiger partial charge in [-0.15, -0.1) is 0 Å². The van der Waals surface area contributed by atoms with E-state index in [0.717, 1.165) is 5.82 Å². The lowest BCUT2D eigenvalue weighted by Crippen LogP contribution is -2.48. The van der Waals surface area contributed by atoms with Crippen LogP contribution in [0.1, 0.15) is 6.92 Å². The quantitative estimate of drug-likeness (QED) is 0.857. The Morgan fingerprint density at radius 1 is 1.25 bits per heavy atom. The summed E-state index contributed by atoms with van der Waals surface area (Å²) < 4.78 is 24.3. The van der Waals surface area contributed by atoms with Gasteiger partial charge < -0.3 is 10.2 Å². The Kier molecular flexibility index (Phi) is 4.24. The van der Waals surface area contributed by atoms with Crippen LogP contribution in [0, 0.1) is 0 Å². The van der Waals surface area contributed by atoms with Crippen LogP contribution in [0.15, 0.2) is 18.3 Å². The van der Waals surface area contributed by atoms with E-state index in [1.807, 2.05) is 11.0 Å². The molecule has 1 aromatic rings. The van der Waals surface area contributed by atoms with Crippen LogP contribution < -0.4 is 10.2 Å². The number of pyridine rings is 1. The Balaban J connectivity index is 1.99. The molecule has 0 atom stereocenters. The lowest BCUT2D eigenvalue weighted by Gasteiger charge is -2.33. The number of aromatic nitrogens is 1. The molecule has 20 heavy (non-hydrogen) atoms. The molecule has 7 nitrogen and oxygen atoms in total. The number of carbonyl (C=O) groups is 1. The van der Waals surface area contributed by atoms with E-state index in [4.69, 9.17) is 0 Å². The van der Waals surface area contributed by atoms with Crippen LogP contribution in [0.3, 0.4) is 0 Å². The molecular formula is C12H18N4O3S. The molecule has 1 amide bonds. The van der Waals surface area contributed by atoms with Crippen molar-refractivity contribution in [3.05, 3.63) is 18.3 Å². The molecule has 0 unspecified atom stereocenters. The Morgan fingerprint density at radius 3 is 2.35 bits per heavy atom. The number of hydrogen-bond acceptors (Lipinski definition) is 5. The summed E-state index contributed by atoms with van der Waals surface area (Å²) in [6.45, 7) is 3.60. The van der Waals surface area contributed by atoms with Crippen LogP contribution in [0.2, 0.25) is 0 Å². The molecule has 0 aromatic carbocycles. The van der Waals surface area contributed by atoms with Crippen LogP contribution in [0.4, 0.5) is 11.5 Å². The minimum atomic E-state index is -3.11. The van der Waals surface area contributed by atoms with Crippen molar-refractivity contribution in [2.45, 2.75) is 6.92 Å². The minimum absolute atomic E-state index is 0.138.